The first-order chi connectivity index (χ1) is 34.7. The van der Waals surface area contributed by atoms with E-state index in [9.17, 15) is 13.5 Å². The van der Waals surface area contributed by atoms with Crippen LogP contribution in [0.25, 0.3) is 55.7 Å². The topological polar surface area (TPSA) is 75.6 Å². The molecular formula is C60H55FN4O. The van der Waals surface area contributed by atoms with Crippen molar-refractivity contribution in [3.05, 3.63) is 208 Å². The maximum atomic E-state index is 17.0. The standard InChI is InChI=1S/C60H55FN4O/c1-38-12-17-44(18-13-38)53-24-21-46(35-63-53)58(3,4)31-41-26-42(32-59(5,6)47-22-25-54(64-36-47)45-19-14-39(2)15-20-45)28-43(27-41)33-60(7,8)51-37-65-55(30-52(51)61)50-11-9-10-49-48-23-16-40(34-62)29-56(48)66-57(49)50/h9-30,35-37H,31-33H2,1-8H3/i16D,29D,31D2,32D2,33D2. The molecule has 0 unspecified atom stereocenters. The van der Waals surface area contributed by atoms with Crippen LogP contribution in [-0.2, 0) is 35.4 Å². The van der Waals surface area contributed by atoms with Gasteiger partial charge < -0.3 is 4.42 Å². The number of nitriles is 1. The van der Waals surface area contributed by atoms with Crippen molar-refractivity contribution in [2.75, 3.05) is 0 Å². The molecule has 0 spiro atoms. The van der Waals surface area contributed by atoms with E-state index in [4.69, 9.17) is 17.1 Å². The van der Waals surface area contributed by atoms with Gasteiger partial charge in [0.1, 0.15) is 17.0 Å². The Kier molecular flexibility index (Phi) is 9.19. The molecule has 6 heteroatoms. The number of furan rings is 1. The number of hydrogen-bond acceptors (Lipinski definition) is 5. The minimum absolute atomic E-state index is 0.0212. The van der Waals surface area contributed by atoms with Crippen LogP contribution in [0.2, 0.25) is 0 Å². The molecule has 0 aliphatic rings. The van der Waals surface area contributed by atoms with Crippen molar-refractivity contribution in [3.8, 4) is 39.8 Å². The highest BCUT2D eigenvalue weighted by Gasteiger charge is 2.29. The molecule has 5 aromatic carbocycles. The van der Waals surface area contributed by atoms with Crippen LogP contribution in [0, 0.1) is 31.0 Å². The Bertz CT molecular complexity index is 3540. The van der Waals surface area contributed by atoms with Gasteiger partial charge in [0.2, 0.25) is 0 Å². The zero-order valence-electron chi connectivity index (χ0n) is 46.4. The summed E-state index contributed by atoms with van der Waals surface area (Å²) in [6.45, 7) is 14.1. The second kappa shape index (κ2) is 17.3. The maximum Gasteiger partial charge on any atom is 0.144 e. The zero-order valence-corrected chi connectivity index (χ0v) is 38.4. The molecule has 0 atom stereocenters. The number of para-hydroxylation sites is 1. The quantitative estimate of drug-likeness (QED) is 0.122. The van der Waals surface area contributed by atoms with Crippen molar-refractivity contribution in [2.24, 2.45) is 0 Å². The summed E-state index contributed by atoms with van der Waals surface area (Å²) in [5.74, 6) is -0.786. The van der Waals surface area contributed by atoms with Crippen LogP contribution in [0.3, 0.4) is 0 Å². The molecule has 0 bridgehead atoms. The van der Waals surface area contributed by atoms with Crippen molar-refractivity contribution < 1.29 is 19.8 Å². The SMILES string of the molecule is [2H]c1cc2c(oc3c(-c4cc(F)c(C(C)(C)C([2H])([2H])c5cc(C([2H])([2H])C(C)(C)c6ccc(-c7ccc(C)cc7)nc6)cc(C([2H])([2H])C(C)(C)c6ccc(-c7ccc(C)cc7)nc6)c5)cn4)cccc32)c([2H])c1C#N. The molecule has 5 nitrogen and oxygen atoms in total. The molecule has 0 fully saturated rings. The van der Waals surface area contributed by atoms with Crippen molar-refractivity contribution in [1.82, 2.24) is 15.0 Å². The molecule has 66 heavy (non-hydrogen) atoms. The van der Waals surface area contributed by atoms with E-state index in [1.165, 1.54) is 36.5 Å². The summed E-state index contributed by atoms with van der Waals surface area (Å²) in [4.78, 5) is 14.1. The number of benzene rings is 5. The van der Waals surface area contributed by atoms with E-state index in [2.05, 4.69) is 4.98 Å². The van der Waals surface area contributed by atoms with Crippen molar-refractivity contribution >= 4 is 21.9 Å². The van der Waals surface area contributed by atoms with Crippen LogP contribution in [0.4, 0.5) is 4.39 Å². The first-order valence-corrected chi connectivity index (χ1v) is 22.0. The average Bonchev–Trinajstić information content (AvgIpc) is 3.75. The number of halogens is 1. The summed E-state index contributed by atoms with van der Waals surface area (Å²) in [5, 5.41) is 10.6. The van der Waals surface area contributed by atoms with Crippen molar-refractivity contribution in [2.45, 2.75) is 90.8 Å². The van der Waals surface area contributed by atoms with Gasteiger partial charge in [-0.25, -0.2) is 4.39 Å². The van der Waals surface area contributed by atoms with Gasteiger partial charge in [-0.05, 0) is 113 Å². The molecule has 9 aromatic rings. The Labute approximate surface area is 399 Å². The van der Waals surface area contributed by atoms with Crippen molar-refractivity contribution in [3.63, 3.8) is 0 Å². The molecule has 328 valence electrons. The predicted octanol–water partition coefficient (Wildman–Crippen LogP) is 15.0. The lowest BCUT2D eigenvalue weighted by molar-refractivity contribution is 0.476. The fraction of sp³-hybridized carbons (Fsp3) is 0.233. The lowest BCUT2D eigenvalue weighted by Crippen LogP contribution is -2.25. The number of nitrogens with zero attached hydrogens (tertiary/aromatic N) is 4. The van der Waals surface area contributed by atoms with E-state index in [1.54, 1.807) is 72.1 Å². The van der Waals surface area contributed by atoms with Crippen LogP contribution < -0.4 is 0 Å². The lowest BCUT2D eigenvalue weighted by atomic mass is 9.75. The van der Waals surface area contributed by atoms with Gasteiger partial charge in [-0.1, -0.05) is 144 Å². The Morgan fingerprint density at radius 3 is 1.61 bits per heavy atom. The smallest absolute Gasteiger partial charge is 0.144 e. The number of aryl methyl sites for hydroxylation is 2. The second-order valence-electron chi connectivity index (χ2n) is 18.6. The Hall–Kier alpha value is -7.23. The fourth-order valence-electron chi connectivity index (χ4n) is 8.42. The molecule has 4 heterocycles. The highest BCUT2D eigenvalue weighted by Crippen LogP contribution is 2.39. The van der Waals surface area contributed by atoms with Gasteiger partial charge in [0.25, 0.3) is 0 Å². The second-order valence-corrected chi connectivity index (χ2v) is 18.6. The molecule has 9 rings (SSSR count). The van der Waals surface area contributed by atoms with Gasteiger partial charge in [-0.2, -0.15) is 5.26 Å². The average molecular weight is 875 g/mol. The molecule has 0 radical (unpaired) electrons. The fourth-order valence-corrected chi connectivity index (χ4v) is 8.42. The minimum Gasteiger partial charge on any atom is -0.455 e. The Morgan fingerprint density at radius 2 is 1.12 bits per heavy atom. The normalized spacial score (nSPS) is 14.6. The molecule has 0 aliphatic carbocycles. The van der Waals surface area contributed by atoms with Gasteiger partial charge >= 0.3 is 0 Å². The minimum atomic E-state index is -2.49. The van der Waals surface area contributed by atoms with Gasteiger partial charge in [0.15, 0.2) is 0 Å². The molecule has 0 saturated heterocycles. The third kappa shape index (κ3) is 9.04. The predicted molar refractivity (Wildman–Crippen MR) is 267 cm³/mol. The van der Waals surface area contributed by atoms with E-state index < -0.39 is 41.2 Å². The number of rotatable bonds is 12. The number of hydrogen-bond donors (Lipinski definition) is 0. The van der Waals surface area contributed by atoms with E-state index in [-0.39, 0.29) is 56.8 Å². The summed E-state index contributed by atoms with van der Waals surface area (Å²) in [7, 11) is 0. The highest BCUT2D eigenvalue weighted by molar-refractivity contribution is 6.09. The first kappa shape index (κ1) is 35.1. The van der Waals surface area contributed by atoms with Crippen LogP contribution in [0.15, 0.2) is 156 Å². The summed E-state index contributed by atoms with van der Waals surface area (Å²) >= 11 is 0. The van der Waals surface area contributed by atoms with Crippen LogP contribution in [0.1, 0.15) is 103 Å². The zero-order chi connectivity index (χ0) is 53.5. The molecule has 0 N–H and O–H groups in total. The summed E-state index contributed by atoms with van der Waals surface area (Å²) < 4.78 is 99.8. The third-order valence-electron chi connectivity index (χ3n) is 12.2. The highest BCUT2D eigenvalue weighted by atomic mass is 19.1. The van der Waals surface area contributed by atoms with Crippen LogP contribution in [0.5, 0.6) is 0 Å². The van der Waals surface area contributed by atoms with Crippen LogP contribution in [-0.4, -0.2) is 15.0 Å². The van der Waals surface area contributed by atoms with E-state index >= 15 is 4.39 Å². The monoisotopic (exact) mass is 874 g/mol. The van der Waals surface area contributed by atoms with Gasteiger partial charge in [-0.3, -0.25) is 15.0 Å². The number of pyridine rings is 3. The Balaban J connectivity index is 1.14. The van der Waals surface area contributed by atoms with Crippen molar-refractivity contribution in [1.29, 1.82) is 5.26 Å². The maximum absolute atomic E-state index is 17.0. The molecule has 0 aliphatic heterocycles. The molecule has 0 amide bonds. The van der Waals surface area contributed by atoms with Crippen LogP contribution >= 0.6 is 0 Å². The molecular weight excluding hydrogens is 812 g/mol. The first-order valence-electron chi connectivity index (χ1n) is 26.0. The molecule has 4 aromatic heterocycles. The summed E-state index contributed by atoms with van der Waals surface area (Å²) in [5.41, 5.74) is 2.92. The van der Waals surface area contributed by atoms with Gasteiger partial charge in [0, 0.05) is 65.9 Å². The third-order valence-corrected chi connectivity index (χ3v) is 12.2. The van der Waals surface area contributed by atoms with Gasteiger partial charge in [-0.15, -0.1) is 0 Å². The Morgan fingerprint density at radius 1 is 0.606 bits per heavy atom. The van der Waals surface area contributed by atoms with E-state index in [0.29, 0.717) is 38.9 Å². The number of aromatic nitrogens is 3. The lowest BCUT2D eigenvalue weighted by Gasteiger charge is -2.30. The van der Waals surface area contributed by atoms with E-state index in [1.807, 2.05) is 92.7 Å². The summed E-state index contributed by atoms with van der Waals surface area (Å²) in [6.07, 6.45) is -2.47. The summed E-state index contributed by atoms with van der Waals surface area (Å²) in [6, 6.07) is 36.9. The largest absolute Gasteiger partial charge is 0.455 e. The molecule has 0 saturated carbocycles. The van der Waals surface area contributed by atoms with E-state index in [0.717, 1.165) is 22.3 Å². The van der Waals surface area contributed by atoms with Gasteiger partial charge in [0.05, 0.1) is 31.5 Å². The number of fused-ring (bicyclic) bond motifs is 3.